The van der Waals surface area contributed by atoms with Crippen LogP contribution in [0.25, 0.3) is 22.1 Å². The van der Waals surface area contributed by atoms with E-state index < -0.39 is 12.2 Å². The minimum atomic E-state index is -0.631. The molecule has 1 aromatic heterocycles. The number of para-hydroxylation sites is 2. The molecule has 1 saturated heterocycles. The summed E-state index contributed by atoms with van der Waals surface area (Å²) in [6, 6.07) is 13.6. The molecule has 5 heteroatoms. The van der Waals surface area contributed by atoms with Crippen LogP contribution >= 0.6 is 0 Å². The maximum atomic E-state index is 9.86. The number of aliphatic hydroxyl groups excluding tert-OH is 2. The second-order valence-electron chi connectivity index (χ2n) is 5.61. The van der Waals surface area contributed by atoms with E-state index in [1.54, 1.807) is 0 Å². The molecule has 4 rings (SSSR count). The Kier molecular flexibility index (Phi) is 3.26. The monoisotopic (exact) mass is 296 g/mol. The first-order chi connectivity index (χ1) is 10.7. The van der Waals surface area contributed by atoms with Crippen LogP contribution in [0.15, 0.2) is 42.5 Å². The van der Waals surface area contributed by atoms with Gasteiger partial charge in [-0.15, -0.1) is 0 Å². The van der Waals surface area contributed by atoms with Crippen LogP contribution in [-0.2, 0) is 4.74 Å². The van der Waals surface area contributed by atoms with Gasteiger partial charge in [0.05, 0.1) is 40.9 Å². The molecule has 0 bridgehead atoms. The predicted octanol–water partition coefficient (Wildman–Crippen LogP) is 1.97. The number of hydrogen-bond donors (Lipinski definition) is 2. The van der Waals surface area contributed by atoms with Gasteiger partial charge >= 0.3 is 0 Å². The van der Waals surface area contributed by atoms with Crippen LogP contribution in [-0.4, -0.2) is 39.0 Å². The van der Waals surface area contributed by atoms with Gasteiger partial charge in [0.15, 0.2) is 0 Å². The third-order valence-electron chi connectivity index (χ3n) is 4.14. The maximum Gasteiger partial charge on any atom is 0.107 e. The lowest BCUT2D eigenvalue weighted by atomic mass is 10.0. The summed E-state index contributed by atoms with van der Waals surface area (Å²) in [7, 11) is 0. The van der Waals surface area contributed by atoms with Gasteiger partial charge in [-0.25, -0.2) is 9.97 Å². The molecular weight excluding hydrogens is 280 g/mol. The molecule has 22 heavy (non-hydrogen) atoms. The molecule has 0 radical (unpaired) electrons. The standard InChI is InChI=1S/C17H16N2O3/c20-9-17-15(21)8-16(22-17)10-5-6-13-14(7-10)19-12-4-2-1-3-11(12)18-13/h1-7,15-17,20-21H,8-9H2/t15?,16-,17+/m0/s1. The molecule has 0 spiro atoms. The van der Waals surface area contributed by atoms with Gasteiger partial charge < -0.3 is 14.9 Å². The van der Waals surface area contributed by atoms with Crippen LogP contribution in [0.3, 0.4) is 0 Å². The van der Waals surface area contributed by atoms with Crippen molar-refractivity contribution >= 4 is 22.1 Å². The molecule has 2 N–H and O–H groups in total. The zero-order valence-corrected chi connectivity index (χ0v) is 11.9. The number of benzene rings is 2. The van der Waals surface area contributed by atoms with E-state index in [-0.39, 0.29) is 12.7 Å². The number of aromatic nitrogens is 2. The summed E-state index contributed by atoms with van der Waals surface area (Å²) >= 11 is 0. The topological polar surface area (TPSA) is 75.5 Å². The maximum absolute atomic E-state index is 9.86. The molecule has 2 heterocycles. The molecular formula is C17H16N2O3. The zero-order valence-electron chi connectivity index (χ0n) is 11.9. The van der Waals surface area contributed by atoms with Crippen molar-refractivity contribution in [2.75, 3.05) is 6.61 Å². The fraction of sp³-hybridized carbons (Fsp3) is 0.294. The number of ether oxygens (including phenoxy) is 1. The van der Waals surface area contributed by atoms with Crippen LogP contribution in [0.5, 0.6) is 0 Å². The summed E-state index contributed by atoms with van der Waals surface area (Å²) < 4.78 is 5.70. The lowest BCUT2D eigenvalue weighted by Crippen LogP contribution is -2.24. The molecule has 0 amide bonds. The molecule has 3 atom stereocenters. The fourth-order valence-electron chi connectivity index (χ4n) is 2.95. The van der Waals surface area contributed by atoms with Crippen molar-refractivity contribution in [2.45, 2.75) is 24.7 Å². The SMILES string of the molecule is OC[C@H]1O[C@H](c2ccc3nc4ccccc4nc3c2)CC1O. The predicted molar refractivity (Wildman–Crippen MR) is 82.4 cm³/mol. The lowest BCUT2D eigenvalue weighted by molar-refractivity contribution is -0.0225. The number of aliphatic hydroxyl groups is 2. The van der Waals surface area contributed by atoms with Gasteiger partial charge in [-0.3, -0.25) is 0 Å². The van der Waals surface area contributed by atoms with Gasteiger partial charge in [0.1, 0.15) is 6.10 Å². The zero-order chi connectivity index (χ0) is 15.1. The van der Waals surface area contributed by atoms with E-state index >= 15 is 0 Å². The largest absolute Gasteiger partial charge is 0.394 e. The van der Waals surface area contributed by atoms with Gasteiger partial charge in [0.25, 0.3) is 0 Å². The Balaban J connectivity index is 1.75. The molecule has 1 fully saturated rings. The highest BCUT2D eigenvalue weighted by molar-refractivity contribution is 5.86. The van der Waals surface area contributed by atoms with Crippen molar-refractivity contribution in [2.24, 2.45) is 0 Å². The number of fused-ring (bicyclic) bond motifs is 2. The van der Waals surface area contributed by atoms with Crippen LogP contribution in [0.2, 0.25) is 0 Å². The Morgan fingerprint density at radius 2 is 1.68 bits per heavy atom. The molecule has 0 aliphatic carbocycles. The first-order valence-electron chi connectivity index (χ1n) is 7.35. The third-order valence-corrected chi connectivity index (χ3v) is 4.14. The molecule has 1 unspecified atom stereocenters. The van der Waals surface area contributed by atoms with Gasteiger partial charge in [-0.1, -0.05) is 18.2 Å². The molecule has 3 aromatic rings. The van der Waals surface area contributed by atoms with E-state index in [1.165, 1.54) is 0 Å². The fourth-order valence-corrected chi connectivity index (χ4v) is 2.95. The van der Waals surface area contributed by atoms with Crippen LogP contribution in [0.1, 0.15) is 18.1 Å². The second kappa shape index (κ2) is 5.28. The Labute approximate surface area is 127 Å². The van der Waals surface area contributed by atoms with Crippen LogP contribution in [0.4, 0.5) is 0 Å². The van der Waals surface area contributed by atoms with E-state index in [1.807, 2.05) is 42.5 Å². The van der Waals surface area contributed by atoms with Crippen molar-refractivity contribution in [3.8, 4) is 0 Å². The summed E-state index contributed by atoms with van der Waals surface area (Å²) in [5.74, 6) is 0. The van der Waals surface area contributed by atoms with Gasteiger partial charge in [-0.05, 0) is 29.8 Å². The Bertz CT molecular complexity index is 836. The van der Waals surface area contributed by atoms with Gasteiger partial charge in [0.2, 0.25) is 0 Å². The Hall–Kier alpha value is -2.08. The molecule has 1 aliphatic rings. The van der Waals surface area contributed by atoms with E-state index in [9.17, 15) is 10.2 Å². The molecule has 5 nitrogen and oxygen atoms in total. The third kappa shape index (κ3) is 2.23. The van der Waals surface area contributed by atoms with Crippen molar-refractivity contribution in [3.05, 3.63) is 48.0 Å². The molecule has 112 valence electrons. The summed E-state index contributed by atoms with van der Waals surface area (Å²) in [6.45, 7) is -0.171. The summed E-state index contributed by atoms with van der Waals surface area (Å²) in [4.78, 5) is 9.24. The second-order valence-corrected chi connectivity index (χ2v) is 5.61. The first kappa shape index (κ1) is 13.6. The molecule has 1 aliphatic heterocycles. The van der Waals surface area contributed by atoms with Crippen LogP contribution < -0.4 is 0 Å². The Morgan fingerprint density at radius 3 is 2.36 bits per heavy atom. The normalized spacial score (nSPS) is 25.1. The first-order valence-corrected chi connectivity index (χ1v) is 7.35. The smallest absolute Gasteiger partial charge is 0.107 e. The highest BCUT2D eigenvalue weighted by Gasteiger charge is 2.34. The number of hydrogen-bond acceptors (Lipinski definition) is 5. The van der Waals surface area contributed by atoms with Crippen molar-refractivity contribution in [1.82, 2.24) is 9.97 Å². The summed E-state index contributed by atoms with van der Waals surface area (Å²) in [5.41, 5.74) is 4.32. The quantitative estimate of drug-likeness (QED) is 0.707. The Morgan fingerprint density at radius 1 is 1.00 bits per heavy atom. The van der Waals surface area contributed by atoms with Crippen molar-refractivity contribution < 1.29 is 14.9 Å². The van der Waals surface area contributed by atoms with E-state index in [4.69, 9.17) is 4.74 Å². The van der Waals surface area contributed by atoms with Crippen molar-refractivity contribution in [1.29, 1.82) is 0 Å². The van der Waals surface area contributed by atoms with E-state index in [0.717, 1.165) is 27.6 Å². The highest BCUT2D eigenvalue weighted by atomic mass is 16.5. The summed E-state index contributed by atoms with van der Waals surface area (Å²) in [5, 5.41) is 19.0. The van der Waals surface area contributed by atoms with E-state index in [2.05, 4.69) is 9.97 Å². The van der Waals surface area contributed by atoms with Crippen LogP contribution in [0, 0.1) is 0 Å². The number of nitrogens with zero attached hydrogens (tertiary/aromatic N) is 2. The average Bonchev–Trinajstić information content (AvgIpc) is 2.93. The summed E-state index contributed by atoms with van der Waals surface area (Å²) in [6.07, 6.45) is -0.876. The van der Waals surface area contributed by atoms with E-state index in [0.29, 0.717) is 6.42 Å². The minimum absolute atomic E-state index is 0.171. The minimum Gasteiger partial charge on any atom is -0.394 e. The number of rotatable bonds is 2. The van der Waals surface area contributed by atoms with Crippen molar-refractivity contribution in [3.63, 3.8) is 0 Å². The molecule has 0 saturated carbocycles. The molecule has 2 aromatic carbocycles. The highest BCUT2D eigenvalue weighted by Crippen LogP contribution is 2.34. The lowest BCUT2D eigenvalue weighted by Gasteiger charge is -2.12. The van der Waals surface area contributed by atoms with Gasteiger partial charge in [0, 0.05) is 6.42 Å². The van der Waals surface area contributed by atoms with Gasteiger partial charge in [-0.2, -0.15) is 0 Å². The average molecular weight is 296 g/mol.